The average Bonchev–Trinajstić information content (AvgIpc) is 3.05. The van der Waals surface area contributed by atoms with E-state index in [-0.39, 0.29) is 12.2 Å². The maximum absolute atomic E-state index is 12.7. The molecule has 1 aliphatic rings. The summed E-state index contributed by atoms with van der Waals surface area (Å²) in [6, 6.07) is 8.11. The zero-order chi connectivity index (χ0) is 19.7. The van der Waals surface area contributed by atoms with Gasteiger partial charge in [-0.2, -0.15) is 0 Å². The number of benzene rings is 1. The third-order valence-corrected chi connectivity index (χ3v) is 5.51. The van der Waals surface area contributed by atoms with Crippen LogP contribution < -0.4 is 0 Å². The van der Waals surface area contributed by atoms with Gasteiger partial charge >= 0.3 is 0 Å². The minimum absolute atomic E-state index is 0.105. The lowest BCUT2D eigenvalue weighted by Gasteiger charge is -2.12. The van der Waals surface area contributed by atoms with E-state index < -0.39 is 16.1 Å². The van der Waals surface area contributed by atoms with E-state index >= 15 is 0 Å². The molecule has 0 radical (unpaired) electrons. The summed E-state index contributed by atoms with van der Waals surface area (Å²) < 4.78 is 2.13. The standard InChI is InChI=1S/C19H19N3O4S/c1-4-20-12(2)9-15(13(20)3)10-17-18(23)21(19(24)27-17)11-14-7-5-6-8-16(14)22(25)26/h5-10H,4,11H2,1-3H3/b17-10-. The molecule has 0 bridgehead atoms. The molecular formula is C19H19N3O4S. The third-order valence-electron chi connectivity index (χ3n) is 4.61. The first-order valence-electron chi connectivity index (χ1n) is 8.47. The lowest BCUT2D eigenvalue weighted by atomic mass is 10.1. The maximum Gasteiger partial charge on any atom is 0.293 e. The normalized spacial score (nSPS) is 15.8. The fourth-order valence-electron chi connectivity index (χ4n) is 3.23. The van der Waals surface area contributed by atoms with Gasteiger partial charge in [0.15, 0.2) is 0 Å². The van der Waals surface area contributed by atoms with E-state index in [0.29, 0.717) is 10.5 Å². The van der Waals surface area contributed by atoms with Crippen molar-refractivity contribution in [1.82, 2.24) is 9.47 Å². The summed E-state index contributed by atoms with van der Waals surface area (Å²) in [7, 11) is 0. The van der Waals surface area contributed by atoms with Crippen LogP contribution in [-0.4, -0.2) is 25.5 Å². The van der Waals surface area contributed by atoms with Crippen LogP contribution in [0.3, 0.4) is 0 Å². The number of hydrogen-bond acceptors (Lipinski definition) is 5. The van der Waals surface area contributed by atoms with Crippen molar-refractivity contribution in [2.75, 3.05) is 0 Å². The first-order valence-corrected chi connectivity index (χ1v) is 9.29. The summed E-state index contributed by atoms with van der Waals surface area (Å²) in [6.45, 7) is 6.72. The van der Waals surface area contributed by atoms with Crippen LogP contribution in [0.5, 0.6) is 0 Å². The van der Waals surface area contributed by atoms with E-state index in [2.05, 4.69) is 4.57 Å². The van der Waals surface area contributed by atoms with Gasteiger partial charge in [0.2, 0.25) is 0 Å². The molecule has 0 spiro atoms. The largest absolute Gasteiger partial charge is 0.349 e. The summed E-state index contributed by atoms with van der Waals surface area (Å²) in [4.78, 5) is 37.1. The number of aryl methyl sites for hydroxylation is 1. The van der Waals surface area contributed by atoms with Gasteiger partial charge in [-0.05, 0) is 50.2 Å². The number of para-hydroxylation sites is 1. The van der Waals surface area contributed by atoms with E-state index in [9.17, 15) is 19.7 Å². The number of hydrogen-bond donors (Lipinski definition) is 0. The number of nitro groups is 1. The van der Waals surface area contributed by atoms with E-state index in [4.69, 9.17) is 0 Å². The topological polar surface area (TPSA) is 85.4 Å². The minimum atomic E-state index is -0.510. The van der Waals surface area contributed by atoms with Crippen LogP contribution in [0.2, 0.25) is 0 Å². The number of nitrogens with zero attached hydrogens (tertiary/aromatic N) is 3. The molecule has 1 aromatic heterocycles. The second-order valence-corrected chi connectivity index (χ2v) is 7.22. The number of rotatable bonds is 5. The van der Waals surface area contributed by atoms with Crippen LogP contribution >= 0.6 is 11.8 Å². The fraction of sp³-hybridized carbons (Fsp3) is 0.263. The Morgan fingerprint density at radius 1 is 1.22 bits per heavy atom. The number of nitro benzene ring substituents is 1. The molecule has 1 fully saturated rings. The maximum atomic E-state index is 12.7. The summed E-state index contributed by atoms with van der Waals surface area (Å²) in [5.41, 5.74) is 3.23. The first kappa shape index (κ1) is 18.9. The van der Waals surface area contributed by atoms with Gasteiger partial charge in [0.25, 0.3) is 16.8 Å². The molecule has 0 saturated carbocycles. The molecular weight excluding hydrogens is 366 g/mol. The lowest BCUT2D eigenvalue weighted by Crippen LogP contribution is -2.27. The highest BCUT2D eigenvalue weighted by molar-refractivity contribution is 8.18. The average molecular weight is 385 g/mol. The quantitative estimate of drug-likeness (QED) is 0.436. The summed E-state index contributed by atoms with van der Waals surface area (Å²) in [5, 5.41) is 10.7. The van der Waals surface area contributed by atoms with Gasteiger partial charge in [-0.15, -0.1) is 0 Å². The molecule has 0 aliphatic carbocycles. The molecule has 2 heterocycles. The Morgan fingerprint density at radius 3 is 2.56 bits per heavy atom. The van der Waals surface area contributed by atoms with Crippen LogP contribution in [0.15, 0.2) is 35.2 Å². The highest BCUT2D eigenvalue weighted by Crippen LogP contribution is 2.35. The highest BCUT2D eigenvalue weighted by Gasteiger charge is 2.36. The smallest absolute Gasteiger partial charge is 0.293 e. The molecule has 27 heavy (non-hydrogen) atoms. The van der Waals surface area contributed by atoms with Gasteiger partial charge in [0.05, 0.1) is 16.4 Å². The monoisotopic (exact) mass is 385 g/mol. The molecule has 2 amide bonds. The molecule has 0 N–H and O–H groups in total. The molecule has 2 aromatic rings. The third kappa shape index (κ3) is 3.52. The van der Waals surface area contributed by atoms with E-state index in [1.165, 1.54) is 6.07 Å². The van der Waals surface area contributed by atoms with Gasteiger partial charge in [-0.3, -0.25) is 24.6 Å². The molecule has 1 saturated heterocycles. The van der Waals surface area contributed by atoms with Gasteiger partial charge in [-0.25, -0.2) is 0 Å². The van der Waals surface area contributed by atoms with Crippen molar-refractivity contribution >= 4 is 34.7 Å². The van der Waals surface area contributed by atoms with Crippen molar-refractivity contribution in [3.05, 3.63) is 67.9 Å². The van der Waals surface area contributed by atoms with E-state index in [1.807, 2.05) is 26.8 Å². The summed E-state index contributed by atoms with van der Waals surface area (Å²) >= 11 is 0.861. The number of aromatic nitrogens is 1. The number of carbonyl (C=O) groups excluding carboxylic acids is 2. The van der Waals surface area contributed by atoms with Crippen molar-refractivity contribution in [2.45, 2.75) is 33.9 Å². The van der Waals surface area contributed by atoms with Crippen LogP contribution in [0.1, 0.15) is 29.4 Å². The number of imide groups is 1. The Labute approximate surface area is 160 Å². The van der Waals surface area contributed by atoms with Crippen molar-refractivity contribution < 1.29 is 14.5 Å². The molecule has 3 rings (SSSR count). The zero-order valence-electron chi connectivity index (χ0n) is 15.3. The second-order valence-electron chi connectivity index (χ2n) is 6.22. The van der Waals surface area contributed by atoms with Crippen molar-refractivity contribution in [3.63, 3.8) is 0 Å². The van der Waals surface area contributed by atoms with Gasteiger partial charge in [-0.1, -0.05) is 18.2 Å². The Bertz CT molecular complexity index is 977. The Balaban J connectivity index is 1.89. The molecule has 7 nitrogen and oxygen atoms in total. The van der Waals surface area contributed by atoms with Crippen molar-refractivity contribution in [3.8, 4) is 0 Å². The van der Waals surface area contributed by atoms with Crippen LogP contribution in [0.4, 0.5) is 10.5 Å². The van der Waals surface area contributed by atoms with Crippen molar-refractivity contribution in [2.24, 2.45) is 0 Å². The minimum Gasteiger partial charge on any atom is -0.349 e. The van der Waals surface area contributed by atoms with E-state index in [1.54, 1.807) is 24.3 Å². The molecule has 0 unspecified atom stereocenters. The molecule has 140 valence electrons. The van der Waals surface area contributed by atoms with Gasteiger partial charge in [0, 0.05) is 29.6 Å². The van der Waals surface area contributed by atoms with Gasteiger partial charge < -0.3 is 4.57 Å². The number of amides is 2. The Morgan fingerprint density at radius 2 is 1.93 bits per heavy atom. The molecule has 1 aromatic carbocycles. The molecule has 8 heteroatoms. The molecule has 0 atom stereocenters. The van der Waals surface area contributed by atoms with Crippen molar-refractivity contribution in [1.29, 1.82) is 0 Å². The number of thioether (sulfide) groups is 1. The summed E-state index contributed by atoms with van der Waals surface area (Å²) in [5.74, 6) is -0.426. The zero-order valence-corrected chi connectivity index (χ0v) is 16.1. The lowest BCUT2D eigenvalue weighted by molar-refractivity contribution is -0.385. The summed E-state index contributed by atoms with van der Waals surface area (Å²) in [6.07, 6.45) is 1.72. The van der Waals surface area contributed by atoms with Crippen LogP contribution in [0, 0.1) is 24.0 Å². The van der Waals surface area contributed by atoms with Crippen LogP contribution in [-0.2, 0) is 17.9 Å². The number of carbonyl (C=O) groups is 2. The Kier molecular flexibility index (Phi) is 5.18. The first-order chi connectivity index (χ1) is 12.8. The van der Waals surface area contributed by atoms with E-state index in [0.717, 1.165) is 40.2 Å². The predicted molar refractivity (Wildman–Crippen MR) is 104 cm³/mol. The van der Waals surface area contributed by atoms with Gasteiger partial charge in [0.1, 0.15) is 0 Å². The fourth-order valence-corrected chi connectivity index (χ4v) is 4.06. The SMILES string of the molecule is CCn1c(C)cc(/C=C2\SC(=O)N(Cc3ccccc3[N+](=O)[O-])C2=O)c1C. The predicted octanol–water partition coefficient (Wildman–Crippen LogP) is 4.27. The highest BCUT2D eigenvalue weighted by atomic mass is 32.2. The van der Waals surface area contributed by atoms with Crippen LogP contribution in [0.25, 0.3) is 6.08 Å². The molecule has 1 aliphatic heterocycles. The second kappa shape index (κ2) is 7.40. The Hall–Kier alpha value is -2.87.